The molecule has 0 saturated heterocycles. The highest BCUT2D eigenvalue weighted by Crippen LogP contribution is 2.21. The van der Waals surface area contributed by atoms with Gasteiger partial charge in [-0.3, -0.25) is 0 Å². The molecule has 0 spiro atoms. The van der Waals surface area contributed by atoms with Crippen LogP contribution in [0.1, 0.15) is 13.8 Å². The summed E-state index contributed by atoms with van der Waals surface area (Å²) in [5, 5.41) is 3.66. The van der Waals surface area contributed by atoms with Crippen LogP contribution in [0.3, 0.4) is 0 Å². The monoisotopic (exact) mass is 185 g/mol. The quantitative estimate of drug-likeness (QED) is 0.742. The summed E-state index contributed by atoms with van der Waals surface area (Å²) in [4.78, 5) is 4.05. The Bertz CT molecular complexity index is 273. The van der Waals surface area contributed by atoms with E-state index in [9.17, 15) is 0 Å². The zero-order valence-corrected chi connectivity index (χ0v) is 7.89. The minimum Gasteiger partial charge on any atom is -0.397 e. The number of nitrogens with zero attached hydrogens (tertiary/aromatic N) is 1. The Labute approximate surface area is 76.9 Å². The highest BCUT2D eigenvalue weighted by molar-refractivity contribution is 6.33. The molecule has 0 radical (unpaired) electrons. The van der Waals surface area contributed by atoms with Crippen molar-refractivity contribution >= 4 is 23.1 Å². The van der Waals surface area contributed by atoms with Crippen LogP contribution < -0.4 is 11.1 Å². The van der Waals surface area contributed by atoms with Crippen LogP contribution in [0.4, 0.5) is 11.5 Å². The Balaban J connectivity index is 2.86. The van der Waals surface area contributed by atoms with Gasteiger partial charge < -0.3 is 11.1 Å². The van der Waals surface area contributed by atoms with E-state index in [4.69, 9.17) is 17.3 Å². The second-order valence-corrected chi connectivity index (χ2v) is 3.31. The van der Waals surface area contributed by atoms with Crippen molar-refractivity contribution in [3.8, 4) is 0 Å². The van der Waals surface area contributed by atoms with Crippen LogP contribution in [-0.2, 0) is 0 Å². The Hall–Kier alpha value is -0.960. The lowest BCUT2D eigenvalue weighted by Crippen LogP contribution is -2.11. The topological polar surface area (TPSA) is 50.9 Å². The predicted octanol–water partition coefficient (Wildman–Crippen LogP) is 2.14. The van der Waals surface area contributed by atoms with Crippen LogP contribution in [-0.4, -0.2) is 11.0 Å². The first kappa shape index (κ1) is 9.13. The average Bonchev–Trinajstić information content (AvgIpc) is 1.94. The Morgan fingerprint density at radius 1 is 1.58 bits per heavy atom. The zero-order valence-electron chi connectivity index (χ0n) is 7.13. The van der Waals surface area contributed by atoms with Crippen molar-refractivity contribution in [1.29, 1.82) is 0 Å². The molecule has 0 atom stereocenters. The number of halogens is 1. The molecule has 66 valence electrons. The Morgan fingerprint density at radius 2 is 2.25 bits per heavy atom. The average molecular weight is 186 g/mol. The lowest BCUT2D eigenvalue weighted by molar-refractivity contribution is 0.889. The molecule has 1 aromatic heterocycles. The van der Waals surface area contributed by atoms with E-state index in [1.54, 1.807) is 12.3 Å². The molecule has 0 aliphatic carbocycles. The standard InChI is InChI=1S/C8H12ClN3/c1-5(2)12-8-7(9)3-6(10)4-11-8/h3-5H,10H2,1-2H3,(H,11,12). The number of hydrogen-bond donors (Lipinski definition) is 2. The fourth-order valence-electron chi connectivity index (χ4n) is 0.832. The van der Waals surface area contributed by atoms with Gasteiger partial charge in [0.15, 0.2) is 0 Å². The van der Waals surface area contributed by atoms with Crippen molar-refractivity contribution in [2.45, 2.75) is 19.9 Å². The maximum atomic E-state index is 5.87. The number of rotatable bonds is 2. The summed E-state index contributed by atoms with van der Waals surface area (Å²) < 4.78 is 0. The fraction of sp³-hybridized carbons (Fsp3) is 0.375. The number of hydrogen-bond acceptors (Lipinski definition) is 3. The van der Waals surface area contributed by atoms with Crippen LogP contribution in [0.5, 0.6) is 0 Å². The summed E-state index contributed by atoms with van der Waals surface area (Å²) in [6, 6.07) is 2.00. The molecule has 3 nitrogen and oxygen atoms in total. The molecular weight excluding hydrogens is 174 g/mol. The summed E-state index contributed by atoms with van der Waals surface area (Å²) in [7, 11) is 0. The highest BCUT2D eigenvalue weighted by atomic mass is 35.5. The van der Waals surface area contributed by atoms with E-state index in [-0.39, 0.29) is 0 Å². The number of aromatic nitrogens is 1. The third-order valence-corrected chi connectivity index (χ3v) is 1.58. The molecule has 0 amide bonds. The van der Waals surface area contributed by atoms with Gasteiger partial charge in [0.05, 0.1) is 16.9 Å². The zero-order chi connectivity index (χ0) is 9.14. The van der Waals surface area contributed by atoms with E-state index >= 15 is 0 Å². The molecule has 0 unspecified atom stereocenters. The maximum Gasteiger partial charge on any atom is 0.145 e. The Kier molecular flexibility index (Phi) is 2.76. The van der Waals surface area contributed by atoms with E-state index in [2.05, 4.69) is 10.3 Å². The van der Waals surface area contributed by atoms with Gasteiger partial charge in [0.25, 0.3) is 0 Å². The summed E-state index contributed by atoms with van der Waals surface area (Å²) >= 11 is 5.87. The molecule has 1 heterocycles. The number of nitrogens with one attached hydrogen (secondary N) is 1. The van der Waals surface area contributed by atoms with Gasteiger partial charge in [-0.25, -0.2) is 4.98 Å². The summed E-state index contributed by atoms with van der Waals surface area (Å²) in [5.74, 6) is 0.681. The third kappa shape index (κ3) is 2.27. The van der Waals surface area contributed by atoms with Gasteiger partial charge in [-0.2, -0.15) is 0 Å². The molecule has 1 rings (SSSR count). The normalized spacial score (nSPS) is 10.3. The smallest absolute Gasteiger partial charge is 0.145 e. The van der Waals surface area contributed by atoms with E-state index in [0.29, 0.717) is 22.6 Å². The number of anilines is 2. The number of nitrogens with two attached hydrogens (primary N) is 1. The SMILES string of the molecule is CC(C)Nc1ncc(N)cc1Cl. The van der Waals surface area contributed by atoms with E-state index in [1.165, 1.54) is 0 Å². The van der Waals surface area contributed by atoms with Crippen LogP contribution in [0, 0.1) is 0 Å². The van der Waals surface area contributed by atoms with Crippen LogP contribution >= 0.6 is 11.6 Å². The summed E-state index contributed by atoms with van der Waals surface area (Å²) in [6.45, 7) is 4.04. The molecule has 1 aromatic rings. The molecule has 4 heteroatoms. The minimum atomic E-state index is 0.318. The predicted molar refractivity (Wildman–Crippen MR) is 52.4 cm³/mol. The van der Waals surface area contributed by atoms with E-state index in [0.717, 1.165) is 0 Å². The van der Waals surface area contributed by atoms with Gasteiger partial charge in [0.1, 0.15) is 5.82 Å². The van der Waals surface area contributed by atoms with Crippen molar-refractivity contribution in [2.75, 3.05) is 11.1 Å². The van der Waals surface area contributed by atoms with Crippen LogP contribution in [0.2, 0.25) is 5.02 Å². The molecule has 0 aromatic carbocycles. The Morgan fingerprint density at radius 3 is 2.75 bits per heavy atom. The first-order valence-corrected chi connectivity index (χ1v) is 4.15. The van der Waals surface area contributed by atoms with E-state index < -0.39 is 0 Å². The summed E-state index contributed by atoms with van der Waals surface area (Å²) in [6.07, 6.45) is 1.58. The lowest BCUT2D eigenvalue weighted by Gasteiger charge is -2.10. The lowest BCUT2D eigenvalue weighted by atomic mass is 10.3. The third-order valence-electron chi connectivity index (χ3n) is 1.29. The molecule has 0 fully saturated rings. The number of nitrogen functional groups attached to an aromatic ring is 1. The first-order chi connectivity index (χ1) is 5.59. The molecule has 12 heavy (non-hydrogen) atoms. The van der Waals surface area contributed by atoms with Crippen molar-refractivity contribution < 1.29 is 0 Å². The first-order valence-electron chi connectivity index (χ1n) is 3.77. The highest BCUT2D eigenvalue weighted by Gasteiger charge is 2.02. The van der Waals surface area contributed by atoms with Gasteiger partial charge in [0, 0.05) is 6.04 Å². The summed E-state index contributed by atoms with van der Waals surface area (Å²) in [5.41, 5.74) is 6.06. The van der Waals surface area contributed by atoms with E-state index in [1.807, 2.05) is 13.8 Å². The maximum absolute atomic E-state index is 5.87. The fourth-order valence-corrected chi connectivity index (χ4v) is 1.06. The largest absolute Gasteiger partial charge is 0.397 e. The van der Waals surface area contributed by atoms with Gasteiger partial charge in [-0.15, -0.1) is 0 Å². The molecule has 0 saturated carbocycles. The molecule has 0 aliphatic heterocycles. The minimum absolute atomic E-state index is 0.318. The second kappa shape index (κ2) is 3.63. The molecular formula is C8H12ClN3. The molecule has 3 N–H and O–H groups in total. The van der Waals surface area contributed by atoms with Crippen LogP contribution in [0.25, 0.3) is 0 Å². The van der Waals surface area contributed by atoms with Gasteiger partial charge in [0.2, 0.25) is 0 Å². The van der Waals surface area contributed by atoms with Gasteiger partial charge in [-0.1, -0.05) is 11.6 Å². The van der Waals surface area contributed by atoms with Crippen molar-refractivity contribution in [3.63, 3.8) is 0 Å². The molecule has 0 bridgehead atoms. The van der Waals surface area contributed by atoms with Gasteiger partial charge >= 0.3 is 0 Å². The van der Waals surface area contributed by atoms with Crippen molar-refractivity contribution in [2.24, 2.45) is 0 Å². The van der Waals surface area contributed by atoms with Gasteiger partial charge in [-0.05, 0) is 19.9 Å². The number of pyridine rings is 1. The van der Waals surface area contributed by atoms with Crippen molar-refractivity contribution in [3.05, 3.63) is 17.3 Å². The van der Waals surface area contributed by atoms with Crippen LogP contribution in [0.15, 0.2) is 12.3 Å². The second-order valence-electron chi connectivity index (χ2n) is 2.90. The molecule has 0 aliphatic rings. The van der Waals surface area contributed by atoms with Crippen molar-refractivity contribution in [1.82, 2.24) is 4.98 Å².